The van der Waals surface area contributed by atoms with Crippen LogP contribution in [0.15, 0.2) is 69.6 Å². The Bertz CT molecular complexity index is 1360. The first-order valence-corrected chi connectivity index (χ1v) is 9.75. The van der Waals surface area contributed by atoms with E-state index < -0.39 is 23.0 Å². The van der Waals surface area contributed by atoms with Gasteiger partial charge in [0.15, 0.2) is 0 Å². The molecule has 29 heavy (non-hydrogen) atoms. The number of rotatable bonds is 4. The van der Waals surface area contributed by atoms with Gasteiger partial charge in [-0.05, 0) is 41.8 Å². The lowest BCUT2D eigenvalue weighted by Crippen LogP contribution is -2.40. The van der Waals surface area contributed by atoms with Crippen LogP contribution in [0.3, 0.4) is 0 Å². The fourth-order valence-corrected chi connectivity index (χ4v) is 4.01. The highest BCUT2D eigenvalue weighted by atomic mass is 35.5. The van der Waals surface area contributed by atoms with Crippen molar-refractivity contribution in [2.75, 3.05) is 5.32 Å². The summed E-state index contributed by atoms with van der Waals surface area (Å²) in [5.41, 5.74) is -0.802. The molecule has 1 amide bonds. The second-order valence-corrected chi connectivity index (χ2v) is 7.51. The van der Waals surface area contributed by atoms with E-state index >= 15 is 0 Å². The summed E-state index contributed by atoms with van der Waals surface area (Å²) in [6.45, 7) is -0.354. The fourth-order valence-electron chi connectivity index (χ4n) is 3.00. The minimum Gasteiger partial charge on any atom is -0.324 e. The molecule has 0 bridgehead atoms. The highest BCUT2D eigenvalue weighted by Gasteiger charge is 2.19. The summed E-state index contributed by atoms with van der Waals surface area (Å²) in [5.74, 6) is -1.20. The second kappa shape index (κ2) is 7.65. The Morgan fingerprint density at radius 3 is 2.66 bits per heavy atom. The van der Waals surface area contributed by atoms with E-state index in [9.17, 15) is 18.8 Å². The zero-order chi connectivity index (χ0) is 20.5. The largest absolute Gasteiger partial charge is 0.336 e. The van der Waals surface area contributed by atoms with E-state index in [-0.39, 0.29) is 16.9 Å². The first kappa shape index (κ1) is 19.1. The van der Waals surface area contributed by atoms with Crippen LogP contribution in [0.4, 0.5) is 10.1 Å². The highest BCUT2D eigenvalue weighted by Crippen LogP contribution is 2.18. The molecule has 0 saturated carbocycles. The number of thiophene rings is 1. The molecule has 6 nitrogen and oxygen atoms in total. The maximum atomic E-state index is 14.3. The molecule has 2 aromatic heterocycles. The molecule has 4 rings (SSSR count). The normalized spacial score (nSPS) is 11.0. The predicted octanol–water partition coefficient (Wildman–Crippen LogP) is 3.65. The van der Waals surface area contributed by atoms with Crippen molar-refractivity contribution < 1.29 is 9.18 Å². The van der Waals surface area contributed by atoms with Crippen molar-refractivity contribution in [3.63, 3.8) is 0 Å². The van der Waals surface area contributed by atoms with Crippen molar-refractivity contribution in [1.29, 1.82) is 0 Å². The first-order chi connectivity index (χ1) is 14.0. The van der Waals surface area contributed by atoms with E-state index in [2.05, 4.69) is 5.32 Å². The number of carbonyl (C=O) groups is 1. The molecule has 0 radical (unpaired) electrons. The van der Waals surface area contributed by atoms with Crippen LogP contribution in [-0.4, -0.2) is 15.0 Å². The van der Waals surface area contributed by atoms with Crippen molar-refractivity contribution in [3.8, 4) is 5.69 Å². The van der Waals surface area contributed by atoms with Crippen LogP contribution in [0.25, 0.3) is 15.9 Å². The SMILES string of the molecule is O=C(Cn1c(=O)n(-c2ccccc2F)c(=O)c2sccc21)Nc1cccc(Cl)c1. The van der Waals surface area contributed by atoms with E-state index in [4.69, 9.17) is 11.6 Å². The lowest BCUT2D eigenvalue weighted by Gasteiger charge is -2.13. The lowest BCUT2D eigenvalue weighted by molar-refractivity contribution is -0.116. The van der Waals surface area contributed by atoms with Crippen LogP contribution >= 0.6 is 22.9 Å². The van der Waals surface area contributed by atoms with Crippen LogP contribution < -0.4 is 16.6 Å². The molecule has 9 heteroatoms. The number of amides is 1. The summed E-state index contributed by atoms with van der Waals surface area (Å²) in [6.07, 6.45) is 0. The second-order valence-electron chi connectivity index (χ2n) is 6.15. The van der Waals surface area contributed by atoms with Gasteiger partial charge >= 0.3 is 5.69 Å². The van der Waals surface area contributed by atoms with Crippen molar-refractivity contribution in [1.82, 2.24) is 9.13 Å². The van der Waals surface area contributed by atoms with Crippen LogP contribution in [0.2, 0.25) is 5.02 Å². The van der Waals surface area contributed by atoms with Gasteiger partial charge in [-0.3, -0.25) is 14.2 Å². The van der Waals surface area contributed by atoms with Gasteiger partial charge in [0.2, 0.25) is 5.91 Å². The Hall–Kier alpha value is -3.23. The number of hydrogen-bond donors (Lipinski definition) is 1. The van der Waals surface area contributed by atoms with Crippen LogP contribution in [0.5, 0.6) is 0 Å². The third-order valence-electron chi connectivity index (χ3n) is 4.26. The number of carbonyl (C=O) groups excluding carboxylic acids is 1. The van der Waals surface area contributed by atoms with Gasteiger partial charge in [0, 0.05) is 10.7 Å². The zero-order valence-corrected chi connectivity index (χ0v) is 16.3. The van der Waals surface area contributed by atoms with Gasteiger partial charge in [-0.25, -0.2) is 13.8 Å². The molecule has 0 atom stereocenters. The summed E-state index contributed by atoms with van der Waals surface area (Å²) >= 11 is 7.04. The minimum atomic E-state index is -0.799. The number of hydrogen-bond acceptors (Lipinski definition) is 4. The third kappa shape index (κ3) is 3.59. The number of anilines is 1. The van der Waals surface area contributed by atoms with E-state index in [0.29, 0.717) is 16.2 Å². The molecule has 0 saturated heterocycles. The molecule has 0 spiro atoms. The van der Waals surface area contributed by atoms with Gasteiger partial charge in [0.1, 0.15) is 17.1 Å². The van der Waals surface area contributed by atoms with Crippen LogP contribution in [0, 0.1) is 5.82 Å². The molecule has 2 heterocycles. The monoisotopic (exact) mass is 429 g/mol. The Morgan fingerprint density at radius 2 is 1.90 bits per heavy atom. The molecule has 2 aromatic carbocycles. The van der Waals surface area contributed by atoms with E-state index in [1.807, 2.05) is 0 Å². The molecule has 146 valence electrons. The molecule has 0 unspecified atom stereocenters. The summed E-state index contributed by atoms with van der Waals surface area (Å²) in [5, 5.41) is 4.75. The molecular formula is C20H13ClFN3O3S. The average molecular weight is 430 g/mol. The smallest absolute Gasteiger partial charge is 0.324 e. The topological polar surface area (TPSA) is 73.1 Å². The van der Waals surface area contributed by atoms with Gasteiger partial charge in [-0.15, -0.1) is 11.3 Å². The number of halogens is 2. The molecule has 0 fully saturated rings. The summed E-state index contributed by atoms with van der Waals surface area (Å²) in [7, 11) is 0. The molecule has 1 N–H and O–H groups in total. The van der Waals surface area contributed by atoms with E-state index in [1.165, 1.54) is 18.2 Å². The number of nitrogens with one attached hydrogen (secondary N) is 1. The summed E-state index contributed by atoms with van der Waals surface area (Å²) < 4.78 is 16.4. The van der Waals surface area contributed by atoms with E-state index in [1.54, 1.807) is 35.7 Å². The predicted molar refractivity (Wildman–Crippen MR) is 112 cm³/mol. The number of nitrogens with zero attached hydrogens (tertiary/aromatic N) is 2. The standard InChI is InChI=1S/C20H13ClFN3O3S/c21-12-4-3-5-13(10-12)23-17(26)11-24-16-8-9-29-18(16)19(27)25(20(24)28)15-7-2-1-6-14(15)22/h1-10H,11H2,(H,23,26). The van der Waals surface area contributed by atoms with Gasteiger partial charge in [0.05, 0.1) is 11.2 Å². The molecule has 0 aliphatic rings. The summed E-state index contributed by atoms with van der Waals surface area (Å²) in [6, 6.07) is 13.7. The minimum absolute atomic E-state index is 0.165. The van der Waals surface area contributed by atoms with Gasteiger partial charge in [-0.1, -0.05) is 29.8 Å². The average Bonchev–Trinajstić information content (AvgIpc) is 3.17. The fraction of sp³-hybridized carbons (Fsp3) is 0.0500. The molecule has 0 aliphatic heterocycles. The van der Waals surface area contributed by atoms with Gasteiger partial charge < -0.3 is 5.32 Å². The molecule has 4 aromatic rings. The van der Waals surface area contributed by atoms with Gasteiger partial charge in [0.25, 0.3) is 5.56 Å². The zero-order valence-electron chi connectivity index (χ0n) is 14.8. The Labute approximate surface area is 172 Å². The number of aromatic nitrogens is 2. The third-order valence-corrected chi connectivity index (χ3v) is 5.38. The molecule has 0 aliphatic carbocycles. The van der Waals surface area contributed by atoms with Crippen LogP contribution in [-0.2, 0) is 11.3 Å². The number of para-hydroxylation sites is 1. The number of benzene rings is 2. The van der Waals surface area contributed by atoms with Crippen molar-refractivity contribution >= 4 is 44.7 Å². The first-order valence-electron chi connectivity index (χ1n) is 8.49. The van der Waals surface area contributed by atoms with Crippen molar-refractivity contribution in [3.05, 3.63) is 91.7 Å². The molecular weight excluding hydrogens is 417 g/mol. The maximum absolute atomic E-state index is 14.3. The Kier molecular flexibility index (Phi) is 5.04. The quantitative estimate of drug-likeness (QED) is 0.538. The highest BCUT2D eigenvalue weighted by molar-refractivity contribution is 7.17. The lowest BCUT2D eigenvalue weighted by atomic mass is 10.3. The maximum Gasteiger partial charge on any atom is 0.336 e. The van der Waals surface area contributed by atoms with Crippen molar-refractivity contribution in [2.24, 2.45) is 0 Å². The summed E-state index contributed by atoms with van der Waals surface area (Å²) in [4.78, 5) is 38.4. The van der Waals surface area contributed by atoms with E-state index in [0.717, 1.165) is 26.5 Å². The number of fused-ring (bicyclic) bond motifs is 1. The van der Waals surface area contributed by atoms with Crippen LogP contribution in [0.1, 0.15) is 0 Å². The van der Waals surface area contributed by atoms with Crippen molar-refractivity contribution in [2.45, 2.75) is 6.54 Å². The Balaban J connectivity index is 1.81. The van der Waals surface area contributed by atoms with Gasteiger partial charge in [-0.2, -0.15) is 0 Å². The Morgan fingerprint density at radius 1 is 1.10 bits per heavy atom.